The van der Waals surface area contributed by atoms with Crippen LogP contribution in [0, 0.1) is 6.92 Å². The van der Waals surface area contributed by atoms with Crippen LogP contribution < -0.4 is 10.6 Å². The third kappa shape index (κ3) is 7.11. The Morgan fingerprint density at radius 3 is 2.37 bits per heavy atom. The molecule has 0 aliphatic carbocycles. The molecule has 3 nitrogen and oxygen atoms in total. The van der Waals surface area contributed by atoms with Gasteiger partial charge in [-0.1, -0.05) is 17.7 Å². The molecule has 2 N–H and O–H groups in total. The third-order valence-corrected chi connectivity index (χ3v) is 3.41. The lowest BCUT2D eigenvalue weighted by molar-refractivity contribution is 0.502. The molecule has 0 aliphatic heterocycles. The van der Waals surface area contributed by atoms with E-state index in [1.165, 1.54) is 10.5 Å². The topological polar surface area (TPSA) is 36.4 Å². The lowest BCUT2D eigenvalue weighted by Gasteiger charge is -2.23. The van der Waals surface area contributed by atoms with Gasteiger partial charge in [-0.2, -0.15) is 0 Å². The summed E-state index contributed by atoms with van der Waals surface area (Å²) in [4.78, 5) is 5.53. The fourth-order valence-corrected chi connectivity index (χ4v) is 2.28. The van der Waals surface area contributed by atoms with Crippen molar-refractivity contribution in [3.05, 3.63) is 29.8 Å². The van der Waals surface area contributed by atoms with Crippen molar-refractivity contribution in [3.63, 3.8) is 0 Å². The van der Waals surface area contributed by atoms with Gasteiger partial charge < -0.3 is 10.6 Å². The smallest absolute Gasteiger partial charge is 0.191 e. The number of nitrogens with zero attached hydrogens (tertiary/aromatic N) is 1. The van der Waals surface area contributed by atoms with Gasteiger partial charge in [-0.25, -0.2) is 0 Å². The quantitative estimate of drug-likeness (QED) is 0.385. The standard InChI is InChI=1S/C15H25N3S/c1-12-6-8-13(9-7-12)19-11-10-17-14(16-5)18-15(2,3)4/h6-9H,10-11H2,1-5H3,(H2,16,17,18). The molecule has 0 bridgehead atoms. The summed E-state index contributed by atoms with van der Waals surface area (Å²) >= 11 is 1.85. The molecule has 1 aromatic carbocycles. The molecule has 4 heteroatoms. The van der Waals surface area contributed by atoms with E-state index in [0.717, 1.165) is 18.3 Å². The number of nitrogens with one attached hydrogen (secondary N) is 2. The average molecular weight is 279 g/mol. The molecule has 0 saturated carbocycles. The molecule has 0 aromatic heterocycles. The Bertz CT molecular complexity index is 404. The average Bonchev–Trinajstić information content (AvgIpc) is 2.34. The van der Waals surface area contributed by atoms with Crippen molar-refractivity contribution >= 4 is 17.7 Å². The molecule has 1 rings (SSSR count). The van der Waals surface area contributed by atoms with E-state index in [2.05, 4.69) is 67.6 Å². The van der Waals surface area contributed by atoms with Gasteiger partial charge in [-0.05, 0) is 39.8 Å². The zero-order valence-electron chi connectivity index (χ0n) is 12.6. The van der Waals surface area contributed by atoms with Gasteiger partial charge in [0.15, 0.2) is 5.96 Å². The predicted molar refractivity (Wildman–Crippen MR) is 86.2 cm³/mol. The van der Waals surface area contributed by atoms with Crippen LogP contribution in [0.5, 0.6) is 0 Å². The van der Waals surface area contributed by atoms with Crippen LogP contribution in [0.3, 0.4) is 0 Å². The van der Waals surface area contributed by atoms with E-state index in [1.54, 1.807) is 7.05 Å². The Morgan fingerprint density at radius 1 is 1.21 bits per heavy atom. The highest BCUT2D eigenvalue weighted by Gasteiger charge is 2.11. The van der Waals surface area contributed by atoms with E-state index in [4.69, 9.17) is 0 Å². The van der Waals surface area contributed by atoms with Gasteiger partial charge in [-0.15, -0.1) is 11.8 Å². The summed E-state index contributed by atoms with van der Waals surface area (Å²) in [5.74, 6) is 1.88. The fourth-order valence-electron chi connectivity index (χ4n) is 1.51. The molecule has 0 radical (unpaired) electrons. The maximum Gasteiger partial charge on any atom is 0.191 e. The van der Waals surface area contributed by atoms with Crippen LogP contribution in [0.25, 0.3) is 0 Å². The van der Waals surface area contributed by atoms with E-state index in [0.29, 0.717) is 0 Å². The molecule has 0 heterocycles. The number of rotatable bonds is 4. The minimum Gasteiger partial charge on any atom is -0.356 e. The molecular formula is C15H25N3S. The summed E-state index contributed by atoms with van der Waals surface area (Å²) in [7, 11) is 1.80. The summed E-state index contributed by atoms with van der Waals surface area (Å²) in [5.41, 5.74) is 1.34. The van der Waals surface area contributed by atoms with Crippen molar-refractivity contribution in [3.8, 4) is 0 Å². The van der Waals surface area contributed by atoms with Crippen molar-refractivity contribution in [1.82, 2.24) is 10.6 Å². The first-order valence-corrected chi connectivity index (χ1v) is 7.57. The summed E-state index contributed by atoms with van der Waals surface area (Å²) in [6.45, 7) is 9.38. The first-order chi connectivity index (χ1) is 8.90. The minimum atomic E-state index is 0.0337. The van der Waals surface area contributed by atoms with E-state index < -0.39 is 0 Å². The molecule has 0 fully saturated rings. The number of hydrogen-bond acceptors (Lipinski definition) is 2. The molecule has 1 aromatic rings. The molecule has 0 spiro atoms. The second-order valence-electron chi connectivity index (χ2n) is 5.54. The zero-order chi connectivity index (χ0) is 14.3. The Balaban J connectivity index is 2.28. The minimum absolute atomic E-state index is 0.0337. The molecule has 0 unspecified atom stereocenters. The maximum absolute atomic E-state index is 4.21. The zero-order valence-corrected chi connectivity index (χ0v) is 13.4. The number of benzene rings is 1. The van der Waals surface area contributed by atoms with Crippen LogP contribution in [-0.4, -0.2) is 30.8 Å². The van der Waals surface area contributed by atoms with Crippen LogP contribution in [0.15, 0.2) is 34.2 Å². The van der Waals surface area contributed by atoms with Crippen molar-refractivity contribution < 1.29 is 0 Å². The first-order valence-electron chi connectivity index (χ1n) is 6.59. The highest BCUT2D eigenvalue weighted by atomic mass is 32.2. The normalized spacial score (nSPS) is 12.4. The summed E-state index contributed by atoms with van der Waals surface area (Å²) in [6.07, 6.45) is 0. The molecule has 106 valence electrons. The van der Waals surface area contributed by atoms with Gasteiger partial charge in [0.1, 0.15) is 0 Å². The Hall–Kier alpha value is -1.16. The SMILES string of the molecule is CN=C(NCCSc1ccc(C)cc1)NC(C)(C)C. The Labute approximate surface area is 121 Å². The van der Waals surface area contributed by atoms with Gasteiger partial charge in [0, 0.05) is 29.8 Å². The second kappa shape index (κ2) is 7.43. The van der Waals surface area contributed by atoms with Crippen LogP contribution >= 0.6 is 11.8 Å². The molecule has 0 atom stereocenters. The van der Waals surface area contributed by atoms with Crippen LogP contribution in [0.2, 0.25) is 0 Å². The summed E-state index contributed by atoms with van der Waals surface area (Å²) in [6, 6.07) is 8.64. The van der Waals surface area contributed by atoms with Crippen molar-refractivity contribution in [2.24, 2.45) is 4.99 Å². The highest BCUT2D eigenvalue weighted by molar-refractivity contribution is 7.99. The van der Waals surface area contributed by atoms with E-state index in [-0.39, 0.29) is 5.54 Å². The molecular weight excluding hydrogens is 254 g/mol. The summed E-state index contributed by atoms with van der Waals surface area (Å²) < 4.78 is 0. The van der Waals surface area contributed by atoms with Gasteiger partial charge in [-0.3, -0.25) is 4.99 Å². The monoisotopic (exact) mass is 279 g/mol. The number of thioether (sulfide) groups is 1. The molecule has 0 amide bonds. The number of hydrogen-bond donors (Lipinski definition) is 2. The van der Waals surface area contributed by atoms with Crippen LogP contribution in [0.1, 0.15) is 26.3 Å². The lowest BCUT2D eigenvalue weighted by Crippen LogP contribution is -2.48. The van der Waals surface area contributed by atoms with Crippen molar-refractivity contribution in [2.45, 2.75) is 38.1 Å². The number of guanidine groups is 1. The number of aliphatic imine (C=N–C) groups is 1. The van der Waals surface area contributed by atoms with Crippen molar-refractivity contribution in [1.29, 1.82) is 0 Å². The molecule has 0 saturated heterocycles. The van der Waals surface area contributed by atoms with E-state index in [1.807, 2.05) is 11.8 Å². The highest BCUT2D eigenvalue weighted by Crippen LogP contribution is 2.17. The second-order valence-corrected chi connectivity index (χ2v) is 6.70. The Morgan fingerprint density at radius 2 is 1.84 bits per heavy atom. The summed E-state index contributed by atoms with van der Waals surface area (Å²) in [5, 5.41) is 6.67. The maximum atomic E-state index is 4.21. The predicted octanol–water partition coefficient (Wildman–Crippen LogP) is 3.05. The van der Waals surface area contributed by atoms with E-state index in [9.17, 15) is 0 Å². The molecule has 19 heavy (non-hydrogen) atoms. The Kier molecular flexibility index (Phi) is 6.22. The third-order valence-electron chi connectivity index (χ3n) is 2.40. The lowest BCUT2D eigenvalue weighted by atomic mass is 10.1. The van der Waals surface area contributed by atoms with Gasteiger partial charge >= 0.3 is 0 Å². The molecule has 0 aliphatic rings. The van der Waals surface area contributed by atoms with Gasteiger partial charge in [0.25, 0.3) is 0 Å². The van der Waals surface area contributed by atoms with Crippen LogP contribution in [-0.2, 0) is 0 Å². The fraction of sp³-hybridized carbons (Fsp3) is 0.533. The van der Waals surface area contributed by atoms with Gasteiger partial charge in [0.05, 0.1) is 0 Å². The number of aryl methyl sites for hydroxylation is 1. The van der Waals surface area contributed by atoms with Crippen molar-refractivity contribution in [2.75, 3.05) is 19.3 Å². The van der Waals surface area contributed by atoms with Gasteiger partial charge in [0.2, 0.25) is 0 Å². The largest absolute Gasteiger partial charge is 0.356 e. The van der Waals surface area contributed by atoms with E-state index >= 15 is 0 Å². The first kappa shape index (κ1) is 15.9. The van der Waals surface area contributed by atoms with Crippen LogP contribution in [0.4, 0.5) is 0 Å².